The molecule has 0 aliphatic heterocycles. The van der Waals surface area contributed by atoms with E-state index in [0.29, 0.717) is 11.3 Å². The summed E-state index contributed by atoms with van der Waals surface area (Å²) in [7, 11) is 1.50. The number of benzene rings is 1. The fraction of sp³-hybridized carbons (Fsp3) is 0.375. The third-order valence-electron chi connectivity index (χ3n) is 4.57. The number of ether oxygens (including phenoxy) is 1. The largest absolute Gasteiger partial charge is 0.497 e. The second-order valence-electron chi connectivity index (χ2n) is 6.06. The molecule has 1 aromatic heterocycles. The molecule has 0 radical (unpaired) electrons. The Bertz CT molecular complexity index is 841. The number of Topliss-reactive ketones (excluding diaryl/α,β-unsaturated/α-hetero) is 1. The van der Waals surface area contributed by atoms with Gasteiger partial charge < -0.3 is 4.74 Å². The van der Waals surface area contributed by atoms with Gasteiger partial charge in [-0.25, -0.2) is 4.39 Å². The number of hydrogen-bond acceptors (Lipinski definition) is 3. The highest BCUT2D eigenvalue weighted by Gasteiger charge is 2.71. The monoisotopic (exact) mass is 340 g/mol. The molecule has 2 aliphatic carbocycles. The maximum absolute atomic E-state index is 14.6. The lowest BCUT2D eigenvalue weighted by atomic mass is 10.1. The molecule has 0 amide bonds. The first-order valence-corrected chi connectivity index (χ1v) is 7.30. The second-order valence-corrected chi connectivity index (χ2v) is 6.06. The smallest absolute Gasteiger partial charge is 0.435 e. The number of rotatable bonds is 3. The SMILES string of the molecule is COc1ccc(Cn2nc(C(F)(F)F)c3c2C(=O)C2CC32F)cc1. The van der Waals surface area contributed by atoms with Crippen molar-refractivity contribution in [3.8, 4) is 5.75 Å². The summed E-state index contributed by atoms with van der Waals surface area (Å²) >= 11 is 0. The van der Waals surface area contributed by atoms with Crippen molar-refractivity contribution in [3.63, 3.8) is 0 Å². The minimum atomic E-state index is -4.80. The van der Waals surface area contributed by atoms with E-state index in [9.17, 15) is 22.4 Å². The van der Waals surface area contributed by atoms with Crippen LogP contribution in [0, 0.1) is 5.92 Å². The zero-order chi connectivity index (χ0) is 17.3. The molecule has 4 rings (SSSR count). The van der Waals surface area contributed by atoms with Crippen molar-refractivity contribution < 1.29 is 27.1 Å². The van der Waals surface area contributed by atoms with Crippen molar-refractivity contribution in [1.29, 1.82) is 0 Å². The number of nitrogens with zero attached hydrogens (tertiary/aromatic N) is 2. The molecular formula is C16H12F4N2O2. The van der Waals surface area contributed by atoms with Gasteiger partial charge in [-0.15, -0.1) is 0 Å². The molecule has 1 saturated carbocycles. The fourth-order valence-corrected chi connectivity index (χ4v) is 3.30. The van der Waals surface area contributed by atoms with Gasteiger partial charge in [0.2, 0.25) is 0 Å². The van der Waals surface area contributed by atoms with Crippen LogP contribution in [0.15, 0.2) is 24.3 Å². The van der Waals surface area contributed by atoms with Crippen LogP contribution in [0.25, 0.3) is 0 Å². The molecule has 4 nitrogen and oxygen atoms in total. The van der Waals surface area contributed by atoms with Crippen LogP contribution < -0.4 is 4.74 Å². The predicted molar refractivity (Wildman–Crippen MR) is 74.5 cm³/mol. The van der Waals surface area contributed by atoms with Crippen molar-refractivity contribution in [3.05, 3.63) is 46.8 Å². The van der Waals surface area contributed by atoms with E-state index in [2.05, 4.69) is 5.10 Å². The van der Waals surface area contributed by atoms with Crippen LogP contribution in [0.2, 0.25) is 0 Å². The first-order valence-electron chi connectivity index (χ1n) is 7.30. The number of hydrogen-bond donors (Lipinski definition) is 0. The molecule has 0 bridgehead atoms. The molecule has 0 N–H and O–H groups in total. The highest BCUT2D eigenvalue weighted by atomic mass is 19.4. The van der Waals surface area contributed by atoms with Crippen LogP contribution in [-0.4, -0.2) is 22.7 Å². The van der Waals surface area contributed by atoms with Crippen LogP contribution in [0.1, 0.15) is 33.7 Å². The molecule has 2 unspecified atom stereocenters. The summed E-state index contributed by atoms with van der Waals surface area (Å²) in [6, 6.07) is 6.62. The van der Waals surface area contributed by atoms with Crippen molar-refractivity contribution in [2.75, 3.05) is 7.11 Å². The molecule has 0 spiro atoms. The lowest BCUT2D eigenvalue weighted by Crippen LogP contribution is -2.14. The van der Waals surface area contributed by atoms with Crippen LogP contribution >= 0.6 is 0 Å². The van der Waals surface area contributed by atoms with E-state index in [1.54, 1.807) is 24.3 Å². The number of halogens is 4. The van der Waals surface area contributed by atoms with Crippen LogP contribution in [0.3, 0.4) is 0 Å². The average molecular weight is 340 g/mol. The van der Waals surface area contributed by atoms with Gasteiger partial charge in [-0.05, 0) is 17.7 Å². The topological polar surface area (TPSA) is 44.1 Å². The van der Waals surface area contributed by atoms with E-state index in [4.69, 9.17) is 4.74 Å². The molecule has 8 heteroatoms. The Morgan fingerprint density at radius 2 is 2.00 bits per heavy atom. The number of methoxy groups -OCH3 is 1. The van der Waals surface area contributed by atoms with Gasteiger partial charge in [0.1, 0.15) is 11.4 Å². The van der Waals surface area contributed by atoms with Gasteiger partial charge in [-0.3, -0.25) is 9.48 Å². The lowest BCUT2D eigenvalue weighted by molar-refractivity contribution is -0.142. The summed E-state index contributed by atoms with van der Waals surface area (Å²) in [6.45, 7) is -0.0447. The van der Waals surface area contributed by atoms with Crippen LogP contribution in [-0.2, 0) is 18.4 Å². The van der Waals surface area contributed by atoms with Gasteiger partial charge in [0.05, 0.1) is 25.1 Å². The molecule has 0 saturated heterocycles. The van der Waals surface area contributed by atoms with Gasteiger partial charge in [0.15, 0.2) is 17.1 Å². The number of ketones is 1. The van der Waals surface area contributed by atoms with Crippen molar-refractivity contribution in [2.24, 2.45) is 5.92 Å². The zero-order valence-corrected chi connectivity index (χ0v) is 12.5. The Balaban J connectivity index is 1.78. The highest BCUT2D eigenvalue weighted by molar-refractivity contribution is 6.05. The van der Waals surface area contributed by atoms with Gasteiger partial charge in [-0.1, -0.05) is 12.1 Å². The van der Waals surface area contributed by atoms with E-state index >= 15 is 0 Å². The van der Waals surface area contributed by atoms with E-state index < -0.39 is 34.8 Å². The summed E-state index contributed by atoms with van der Waals surface area (Å²) in [5.74, 6) is -0.988. The molecular weight excluding hydrogens is 328 g/mol. The number of alkyl halides is 4. The van der Waals surface area contributed by atoms with E-state index in [1.165, 1.54) is 7.11 Å². The van der Waals surface area contributed by atoms with Gasteiger partial charge >= 0.3 is 6.18 Å². The molecule has 1 aromatic carbocycles. The van der Waals surface area contributed by atoms with E-state index in [1.807, 2.05) is 0 Å². The summed E-state index contributed by atoms with van der Waals surface area (Å²) in [5, 5.41) is 3.51. The maximum Gasteiger partial charge on any atom is 0.435 e. The minimum Gasteiger partial charge on any atom is -0.497 e. The first-order chi connectivity index (χ1) is 11.3. The third-order valence-corrected chi connectivity index (χ3v) is 4.57. The number of fused-ring (bicyclic) bond motifs is 3. The Hall–Kier alpha value is -2.38. The molecule has 126 valence electrons. The Labute approximate surface area is 134 Å². The Kier molecular flexibility index (Phi) is 2.90. The summed E-state index contributed by atoms with van der Waals surface area (Å²) in [4.78, 5) is 12.2. The zero-order valence-electron chi connectivity index (χ0n) is 12.5. The maximum atomic E-state index is 14.6. The van der Waals surface area contributed by atoms with Gasteiger partial charge in [-0.2, -0.15) is 18.3 Å². The number of aromatic nitrogens is 2. The fourth-order valence-electron chi connectivity index (χ4n) is 3.30. The molecule has 24 heavy (non-hydrogen) atoms. The summed E-state index contributed by atoms with van der Waals surface area (Å²) in [5.41, 5.74) is -3.69. The molecule has 2 atom stereocenters. The van der Waals surface area contributed by atoms with E-state index in [-0.39, 0.29) is 18.7 Å². The highest BCUT2D eigenvalue weighted by Crippen LogP contribution is 2.64. The minimum absolute atomic E-state index is 0.0447. The number of carbonyl (C=O) groups excluding carboxylic acids is 1. The molecule has 2 aromatic rings. The molecule has 2 aliphatic rings. The summed E-state index contributed by atoms with van der Waals surface area (Å²) in [6.07, 6.45) is -4.98. The van der Waals surface area contributed by atoms with Crippen LogP contribution in [0.4, 0.5) is 17.6 Å². The third kappa shape index (κ3) is 1.98. The van der Waals surface area contributed by atoms with Crippen molar-refractivity contribution in [1.82, 2.24) is 9.78 Å². The van der Waals surface area contributed by atoms with E-state index in [0.717, 1.165) is 4.68 Å². The first kappa shape index (κ1) is 15.2. The molecule has 1 fully saturated rings. The Morgan fingerprint density at radius 1 is 1.33 bits per heavy atom. The predicted octanol–water partition coefficient (Wildman–Crippen LogP) is 3.34. The van der Waals surface area contributed by atoms with Gasteiger partial charge in [0, 0.05) is 6.42 Å². The average Bonchev–Trinajstić information content (AvgIpc) is 2.97. The standard InChI is InChI=1S/C16H12F4N2O2/c1-24-9-4-2-8(3-5-9)7-22-12-11(14(21-22)16(18,19)20)15(17)6-10(15)13(12)23/h2-5,10H,6-7H2,1H3. The number of carbonyl (C=O) groups is 1. The second kappa shape index (κ2) is 4.58. The quantitative estimate of drug-likeness (QED) is 0.805. The summed E-state index contributed by atoms with van der Waals surface area (Å²) < 4.78 is 60.2. The van der Waals surface area contributed by atoms with Crippen molar-refractivity contribution in [2.45, 2.75) is 24.8 Å². The molecule has 1 heterocycles. The van der Waals surface area contributed by atoms with Crippen molar-refractivity contribution >= 4 is 5.78 Å². The normalized spacial score (nSPS) is 24.7. The Morgan fingerprint density at radius 3 is 2.58 bits per heavy atom. The lowest BCUT2D eigenvalue weighted by Gasteiger charge is -2.07. The van der Waals surface area contributed by atoms with Gasteiger partial charge in [0.25, 0.3) is 0 Å². The van der Waals surface area contributed by atoms with Crippen LogP contribution in [0.5, 0.6) is 5.75 Å².